The molecule has 0 aliphatic carbocycles. The van der Waals surface area contributed by atoms with Crippen molar-refractivity contribution in [2.75, 3.05) is 20.3 Å². The predicted octanol–water partition coefficient (Wildman–Crippen LogP) is 4.50. The molecule has 0 aliphatic rings. The van der Waals surface area contributed by atoms with Crippen LogP contribution in [0.1, 0.15) is 33.2 Å². The van der Waals surface area contributed by atoms with Crippen molar-refractivity contribution < 1.29 is 28.6 Å². The van der Waals surface area contributed by atoms with Crippen molar-refractivity contribution in [2.45, 2.75) is 6.92 Å². The Morgan fingerprint density at radius 3 is 2.32 bits per heavy atom. The lowest BCUT2D eigenvalue weighted by Gasteiger charge is -2.10. The van der Waals surface area contributed by atoms with E-state index in [0.717, 1.165) is 0 Å². The molecule has 3 rings (SSSR count). The molecule has 0 aliphatic heterocycles. The normalized spacial score (nSPS) is 10.6. The lowest BCUT2D eigenvalue weighted by molar-refractivity contribution is -0.120. The Kier molecular flexibility index (Phi) is 9.88. The molecule has 37 heavy (non-hydrogen) atoms. The number of ether oxygens (including phenoxy) is 3. The SMILES string of the molecule is CCOc1ccc(C(=O)NCC(=O)NN=Cc2ccc(OC(=O)c3ccc(Cl)c(Cl)c3)c(OC)c2)cc1. The van der Waals surface area contributed by atoms with Gasteiger partial charge < -0.3 is 19.5 Å². The Hall–Kier alpha value is -4.08. The highest BCUT2D eigenvalue weighted by Crippen LogP contribution is 2.29. The number of hydrogen-bond acceptors (Lipinski definition) is 7. The van der Waals surface area contributed by atoms with E-state index in [4.69, 9.17) is 37.4 Å². The van der Waals surface area contributed by atoms with E-state index >= 15 is 0 Å². The summed E-state index contributed by atoms with van der Waals surface area (Å²) in [5.41, 5.74) is 3.50. The van der Waals surface area contributed by atoms with Crippen LogP contribution in [0.15, 0.2) is 65.8 Å². The average molecular weight is 544 g/mol. The van der Waals surface area contributed by atoms with Crippen LogP contribution in [0.25, 0.3) is 0 Å². The van der Waals surface area contributed by atoms with E-state index in [9.17, 15) is 14.4 Å². The van der Waals surface area contributed by atoms with Crippen molar-refractivity contribution >= 4 is 47.2 Å². The van der Waals surface area contributed by atoms with Gasteiger partial charge in [-0.25, -0.2) is 10.2 Å². The minimum Gasteiger partial charge on any atom is -0.494 e. The molecule has 11 heteroatoms. The third-order valence-electron chi connectivity index (χ3n) is 4.79. The van der Waals surface area contributed by atoms with Gasteiger partial charge in [-0.15, -0.1) is 0 Å². The molecule has 3 aromatic rings. The number of nitrogens with one attached hydrogen (secondary N) is 2. The van der Waals surface area contributed by atoms with Crippen LogP contribution in [-0.2, 0) is 4.79 Å². The molecule has 0 atom stereocenters. The molecule has 9 nitrogen and oxygen atoms in total. The van der Waals surface area contributed by atoms with Gasteiger partial charge in [0, 0.05) is 5.56 Å². The van der Waals surface area contributed by atoms with Crippen molar-refractivity contribution in [1.29, 1.82) is 0 Å². The number of amides is 2. The first-order chi connectivity index (χ1) is 17.8. The van der Waals surface area contributed by atoms with Gasteiger partial charge in [-0.05, 0) is 73.2 Å². The van der Waals surface area contributed by atoms with Crippen LogP contribution in [0, 0.1) is 0 Å². The Balaban J connectivity index is 1.52. The van der Waals surface area contributed by atoms with Gasteiger partial charge in [0.15, 0.2) is 11.5 Å². The molecule has 0 radical (unpaired) electrons. The molecule has 0 bridgehead atoms. The summed E-state index contributed by atoms with van der Waals surface area (Å²) in [5.74, 6) is -0.464. The van der Waals surface area contributed by atoms with Crippen molar-refractivity contribution in [3.63, 3.8) is 0 Å². The monoisotopic (exact) mass is 543 g/mol. The average Bonchev–Trinajstić information content (AvgIpc) is 2.90. The first kappa shape index (κ1) is 27.5. The Bertz CT molecular complexity index is 1310. The Labute approximate surface area is 223 Å². The quantitative estimate of drug-likeness (QED) is 0.168. The largest absolute Gasteiger partial charge is 0.494 e. The highest BCUT2D eigenvalue weighted by Gasteiger charge is 2.14. The van der Waals surface area contributed by atoms with Crippen molar-refractivity contribution in [3.8, 4) is 17.2 Å². The second kappa shape index (κ2) is 13.3. The van der Waals surface area contributed by atoms with Gasteiger partial charge in [-0.2, -0.15) is 5.10 Å². The molecule has 0 spiro atoms. The number of esters is 1. The summed E-state index contributed by atoms with van der Waals surface area (Å²) in [6.45, 7) is 2.12. The summed E-state index contributed by atoms with van der Waals surface area (Å²) < 4.78 is 16.0. The Morgan fingerprint density at radius 2 is 1.65 bits per heavy atom. The molecule has 0 saturated carbocycles. The van der Waals surface area contributed by atoms with Crippen LogP contribution in [0.4, 0.5) is 0 Å². The number of hydrogen-bond donors (Lipinski definition) is 2. The smallest absolute Gasteiger partial charge is 0.343 e. The predicted molar refractivity (Wildman–Crippen MR) is 140 cm³/mol. The molecule has 0 saturated heterocycles. The number of carbonyl (C=O) groups excluding carboxylic acids is 3. The van der Waals surface area contributed by atoms with Crippen LogP contribution in [0.2, 0.25) is 10.0 Å². The zero-order valence-electron chi connectivity index (χ0n) is 19.9. The van der Waals surface area contributed by atoms with E-state index in [1.807, 2.05) is 6.92 Å². The second-order valence-electron chi connectivity index (χ2n) is 7.36. The molecule has 0 unspecified atom stereocenters. The van der Waals surface area contributed by atoms with E-state index in [1.165, 1.54) is 37.6 Å². The van der Waals surface area contributed by atoms with E-state index in [2.05, 4.69) is 15.8 Å². The first-order valence-corrected chi connectivity index (χ1v) is 11.7. The van der Waals surface area contributed by atoms with E-state index in [-0.39, 0.29) is 28.6 Å². The highest BCUT2D eigenvalue weighted by atomic mass is 35.5. The van der Waals surface area contributed by atoms with Gasteiger partial charge in [0.05, 0.1) is 42.1 Å². The van der Waals surface area contributed by atoms with Crippen LogP contribution >= 0.6 is 23.2 Å². The van der Waals surface area contributed by atoms with Crippen molar-refractivity contribution in [3.05, 3.63) is 87.4 Å². The van der Waals surface area contributed by atoms with Gasteiger partial charge in [0.2, 0.25) is 0 Å². The van der Waals surface area contributed by atoms with E-state index < -0.39 is 17.8 Å². The minimum atomic E-state index is -0.641. The third-order valence-corrected chi connectivity index (χ3v) is 5.52. The molecule has 192 valence electrons. The van der Waals surface area contributed by atoms with Gasteiger partial charge in [0.1, 0.15) is 5.75 Å². The van der Waals surface area contributed by atoms with Gasteiger partial charge in [-0.3, -0.25) is 9.59 Å². The molecule has 2 amide bonds. The van der Waals surface area contributed by atoms with Crippen LogP contribution in [0.5, 0.6) is 17.2 Å². The standard InChI is InChI=1S/C26H23Cl2N3O6/c1-3-36-19-8-5-17(6-9-19)25(33)29-15-24(32)31-30-14-16-4-11-22(23(12-16)35-2)37-26(34)18-7-10-20(27)21(28)13-18/h4-14H,3,15H2,1-2H3,(H,29,33)(H,31,32). The minimum absolute atomic E-state index is 0.178. The lowest BCUT2D eigenvalue weighted by atomic mass is 10.2. The molecule has 0 heterocycles. The first-order valence-electron chi connectivity index (χ1n) is 11.0. The van der Waals surface area contributed by atoms with Gasteiger partial charge in [0.25, 0.3) is 11.8 Å². The number of halogens is 2. The van der Waals surface area contributed by atoms with E-state index in [0.29, 0.717) is 28.5 Å². The number of hydrazone groups is 1. The highest BCUT2D eigenvalue weighted by molar-refractivity contribution is 6.42. The summed E-state index contributed by atoms with van der Waals surface area (Å²) in [7, 11) is 1.42. The van der Waals surface area contributed by atoms with Gasteiger partial charge >= 0.3 is 5.97 Å². The number of rotatable bonds is 10. The maximum atomic E-state index is 12.4. The summed E-state index contributed by atoms with van der Waals surface area (Å²) in [5, 5.41) is 6.94. The maximum absolute atomic E-state index is 12.4. The van der Waals surface area contributed by atoms with Crippen LogP contribution in [0.3, 0.4) is 0 Å². The summed E-state index contributed by atoms with van der Waals surface area (Å²) in [6, 6.07) is 15.7. The summed E-state index contributed by atoms with van der Waals surface area (Å²) >= 11 is 11.8. The van der Waals surface area contributed by atoms with Crippen LogP contribution in [-0.4, -0.2) is 44.3 Å². The van der Waals surface area contributed by atoms with E-state index in [1.54, 1.807) is 36.4 Å². The number of methoxy groups -OCH3 is 1. The fourth-order valence-electron chi connectivity index (χ4n) is 2.98. The van der Waals surface area contributed by atoms with Crippen molar-refractivity contribution in [1.82, 2.24) is 10.7 Å². The zero-order chi connectivity index (χ0) is 26.8. The lowest BCUT2D eigenvalue weighted by Crippen LogP contribution is -2.34. The number of carbonyl (C=O) groups is 3. The Morgan fingerprint density at radius 1 is 0.919 bits per heavy atom. The molecule has 0 aromatic heterocycles. The third kappa shape index (κ3) is 7.96. The molecule has 3 aromatic carbocycles. The second-order valence-corrected chi connectivity index (χ2v) is 8.18. The summed E-state index contributed by atoms with van der Waals surface area (Å²) in [6.07, 6.45) is 1.37. The topological polar surface area (TPSA) is 115 Å². The molecular formula is C26H23Cl2N3O6. The maximum Gasteiger partial charge on any atom is 0.343 e. The zero-order valence-corrected chi connectivity index (χ0v) is 21.4. The number of nitrogens with zero attached hydrogens (tertiary/aromatic N) is 1. The fraction of sp³-hybridized carbons (Fsp3) is 0.154. The molecule has 0 fully saturated rings. The van der Waals surface area contributed by atoms with Gasteiger partial charge in [-0.1, -0.05) is 23.2 Å². The number of benzene rings is 3. The van der Waals surface area contributed by atoms with Crippen LogP contribution < -0.4 is 25.0 Å². The van der Waals surface area contributed by atoms with Crippen molar-refractivity contribution in [2.24, 2.45) is 5.10 Å². The fourth-order valence-corrected chi connectivity index (χ4v) is 3.28. The molecular weight excluding hydrogens is 521 g/mol. The summed E-state index contributed by atoms with van der Waals surface area (Å²) in [4.78, 5) is 36.6. The molecule has 2 N–H and O–H groups in total.